The van der Waals surface area contributed by atoms with Crippen molar-refractivity contribution in [1.82, 2.24) is 4.90 Å². The van der Waals surface area contributed by atoms with E-state index in [1.807, 2.05) is 41.3 Å². The highest BCUT2D eigenvalue weighted by molar-refractivity contribution is 9.11. The lowest BCUT2D eigenvalue weighted by Crippen LogP contribution is -2.40. The minimum Gasteiger partial charge on any atom is -0.487 e. The standard InChI is InChI=1S/C33H29Br2NO5/c34-21-16-23(33(24(35)17-21)41-18-20-8-3-7-19-6-1-2-9-22(19)20)30-31-25(10-4-12-27(31)37)36(15-14-29(39)40)26-11-5-13-28(38)32(26)30/h1-3,6-9,16-17,30H,4-5,10-15,18H2,(H,39,40). The first-order chi connectivity index (χ1) is 19.8. The third-order valence-electron chi connectivity index (χ3n) is 8.24. The fourth-order valence-electron chi connectivity index (χ4n) is 6.52. The van der Waals surface area contributed by atoms with Gasteiger partial charge in [-0.05, 0) is 70.1 Å². The molecule has 1 heterocycles. The van der Waals surface area contributed by atoms with Gasteiger partial charge < -0.3 is 14.7 Å². The van der Waals surface area contributed by atoms with Crippen LogP contribution in [0.1, 0.15) is 62.0 Å². The lowest BCUT2D eigenvalue weighted by Gasteiger charge is -2.44. The van der Waals surface area contributed by atoms with Gasteiger partial charge >= 0.3 is 5.97 Å². The lowest BCUT2D eigenvalue weighted by atomic mass is 9.70. The van der Waals surface area contributed by atoms with E-state index in [-0.39, 0.29) is 24.5 Å². The molecular weight excluding hydrogens is 650 g/mol. The van der Waals surface area contributed by atoms with Crippen molar-refractivity contribution in [3.05, 3.63) is 97.2 Å². The van der Waals surface area contributed by atoms with Crippen LogP contribution in [0.2, 0.25) is 0 Å². The highest BCUT2D eigenvalue weighted by Crippen LogP contribution is 2.52. The van der Waals surface area contributed by atoms with Gasteiger partial charge in [0.15, 0.2) is 11.6 Å². The minimum atomic E-state index is -0.902. The zero-order valence-corrected chi connectivity index (χ0v) is 25.6. The highest BCUT2D eigenvalue weighted by Gasteiger charge is 2.44. The van der Waals surface area contributed by atoms with Gasteiger partial charge in [0, 0.05) is 57.9 Å². The monoisotopic (exact) mass is 677 g/mol. The average Bonchev–Trinajstić information content (AvgIpc) is 2.95. The summed E-state index contributed by atoms with van der Waals surface area (Å²) in [7, 11) is 0. The number of carbonyl (C=O) groups excluding carboxylic acids is 2. The molecule has 3 aromatic rings. The van der Waals surface area contributed by atoms with E-state index in [9.17, 15) is 19.5 Å². The molecule has 210 valence electrons. The van der Waals surface area contributed by atoms with Crippen LogP contribution >= 0.6 is 31.9 Å². The number of carboxylic acid groups (broad SMARTS) is 1. The summed E-state index contributed by atoms with van der Waals surface area (Å²) < 4.78 is 8.11. The van der Waals surface area contributed by atoms with Crippen molar-refractivity contribution in [2.75, 3.05) is 6.54 Å². The summed E-state index contributed by atoms with van der Waals surface area (Å²) in [5.74, 6) is -0.852. The number of halogens is 2. The Morgan fingerprint density at radius 1 is 0.902 bits per heavy atom. The Morgan fingerprint density at radius 2 is 1.56 bits per heavy atom. The van der Waals surface area contributed by atoms with E-state index in [2.05, 4.69) is 50.1 Å². The van der Waals surface area contributed by atoms with E-state index in [1.165, 1.54) is 0 Å². The van der Waals surface area contributed by atoms with Gasteiger partial charge in [0.1, 0.15) is 12.4 Å². The van der Waals surface area contributed by atoms with Crippen LogP contribution in [-0.4, -0.2) is 34.1 Å². The van der Waals surface area contributed by atoms with Gasteiger partial charge in [-0.2, -0.15) is 0 Å². The molecular formula is C33H29Br2NO5. The average molecular weight is 679 g/mol. The van der Waals surface area contributed by atoms with Crippen molar-refractivity contribution in [2.24, 2.45) is 0 Å². The predicted molar refractivity (Wildman–Crippen MR) is 164 cm³/mol. The van der Waals surface area contributed by atoms with Crippen LogP contribution in [0.5, 0.6) is 5.75 Å². The first kappa shape index (κ1) is 27.9. The molecule has 0 saturated heterocycles. The normalized spacial score (nSPS) is 17.7. The number of allylic oxidation sites excluding steroid dienone is 4. The van der Waals surface area contributed by atoms with Crippen LogP contribution in [0.4, 0.5) is 0 Å². The second-order valence-corrected chi connectivity index (χ2v) is 12.5. The Hall–Kier alpha value is -3.23. The number of carbonyl (C=O) groups is 3. The molecule has 2 aliphatic carbocycles. The fraction of sp³-hybridized carbons (Fsp3) is 0.303. The molecule has 0 atom stereocenters. The molecule has 0 bridgehead atoms. The number of carboxylic acids is 1. The number of Topliss-reactive ketones (excluding diaryl/α,β-unsaturated/α-hetero) is 2. The number of hydrogen-bond donors (Lipinski definition) is 1. The van der Waals surface area contributed by atoms with Crippen LogP contribution in [0.3, 0.4) is 0 Å². The summed E-state index contributed by atoms with van der Waals surface area (Å²) in [5.41, 5.74) is 4.73. The molecule has 0 spiro atoms. The molecule has 0 amide bonds. The summed E-state index contributed by atoms with van der Waals surface area (Å²) in [6, 6.07) is 18.2. The molecule has 0 aromatic heterocycles. The number of hydrogen-bond acceptors (Lipinski definition) is 5. The maximum absolute atomic E-state index is 13.7. The lowest BCUT2D eigenvalue weighted by molar-refractivity contribution is -0.137. The maximum atomic E-state index is 13.7. The molecule has 8 heteroatoms. The van der Waals surface area contributed by atoms with E-state index in [1.54, 1.807) is 0 Å². The molecule has 41 heavy (non-hydrogen) atoms. The van der Waals surface area contributed by atoms with Crippen LogP contribution in [0.25, 0.3) is 10.8 Å². The first-order valence-corrected chi connectivity index (χ1v) is 15.5. The summed E-state index contributed by atoms with van der Waals surface area (Å²) in [4.78, 5) is 40.9. The summed E-state index contributed by atoms with van der Waals surface area (Å²) in [6.07, 6.45) is 3.49. The van der Waals surface area contributed by atoms with E-state index in [0.717, 1.165) is 42.2 Å². The van der Waals surface area contributed by atoms with Crippen LogP contribution in [0, 0.1) is 0 Å². The molecule has 0 radical (unpaired) electrons. The Kier molecular flexibility index (Phi) is 7.88. The van der Waals surface area contributed by atoms with E-state index >= 15 is 0 Å². The van der Waals surface area contributed by atoms with E-state index in [0.29, 0.717) is 62.0 Å². The third kappa shape index (κ3) is 5.28. The van der Waals surface area contributed by atoms with Crippen LogP contribution in [-0.2, 0) is 21.0 Å². The van der Waals surface area contributed by atoms with Crippen LogP contribution in [0.15, 0.2) is 86.1 Å². The molecule has 1 aliphatic heterocycles. The molecule has 1 N–H and O–H groups in total. The van der Waals surface area contributed by atoms with E-state index < -0.39 is 11.9 Å². The second kappa shape index (κ2) is 11.6. The van der Waals surface area contributed by atoms with Crippen molar-refractivity contribution in [2.45, 2.75) is 57.5 Å². The Labute approximate surface area is 255 Å². The number of rotatable bonds is 7. The van der Waals surface area contributed by atoms with Crippen molar-refractivity contribution in [1.29, 1.82) is 0 Å². The summed E-state index contributed by atoms with van der Waals surface area (Å²) in [5, 5.41) is 11.7. The van der Waals surface area contributed by atoms with Gasteiger partial charge in [0.05, 0.1) is 10.9 Å². The fourth-order valence-corrected chi connectivity index (χ4v) is 7.89. The molecule has 6 nitrogen and oxygen atoms in total. The van der Waals surface area contributed by atoms with Crippen LogP contribution < -0.4 is 4.74 Å². The Morgan fingerprint density at radius 3 is 2.24 bits per heavy atom. The topological polar surface area (TPSA) is 83.9 Å². The van der Waals surface area contributed by atoms with Gasteiger partial charge in [-0.15, -0.1) is 0 Å². The number of ketones is 2. The van der Waals surface area contributed by atoms with Crippen molar-refractivity contribution in [3.8, 4) is 5.75 Å². The SMILES string of the molecule is O=C(O)CCN1C2=C(C(=O)CCC2)C(c2cc(Br)cc(Br)c2OCc2cccc3ccccc23)C2=C1CCCC2=O. The molecule has 0 unspecified atom stereocenters. The van der Waals surface area contributed by atoms with Crippen molar-refractivity contribution in [3.63, 3.8) is 0 Å². The summed E-state index contributed by atoms with van der Waals surface area (Å²) >= 11 is 7.35. The largest absolute Gasteiger partial charge is 0.487 e. The Balaban J connectivity index is 1.50. The van der Waals surface area contributed by atoms with Gasteiger partial charge in [-0.3, -0.25) is 14.4 Å². The molecule has 0 saturated carbocycles. The number of benzene rings is 3. The number of fused-ring (bicyclic) bond motifs is 1. The van der Waals surface area contributed by atoms with Gasteiger partial charge in [0.25, 0.3) is 0 Å². The molecule has 3 aliphatic rings. The quantitative estimate of drug-likeness (QED) is 0.274. The zero-order valence-electron chi connectivity index (χ0n) is 22.4. The smallest absolute Gasteiger partial charge is 0.305 e. The van der Waals surface area contributed by atoms with E-state index in [4.69, 9.17) is 4.74 Å². The zero-order chi connectivity index (χ0) is 28.7. The number of nitrogens with zero attached hydrogens (tertiary/aromatic N) is 1. The summed E-state index contributed by atoms with van der Waals surface area (Å²) in [6.45, 7) is 0.554. The van der Waals surface area contributed by atoms with Gasteiger partial charge in [-0.25, -0.2) is 0 Å². The second-order valence-electron chi connectivity index (χ2n) is 10.7. The molecule has 6 rings (SSSR count). The van der Waals surface area contributed by atoms with Gasteiger partial charge in [0.2, 0.25) is 0 Å². The van der Waals surface area contributed by atoms with Crippen molar-refractivity contribution < 1.29 is 24.2 Å². The number of aliphatic carboxylic acids is 1. The maximum Gasteiger partial charge on any atom is 0.305 e. The molecule has 3 aromatic carbocycles. The highest BCUT2D eigenvalue weighted by atomic mass is 79.9. The van der Waals surface area contributed by atoms with Gasteiger partial charge in [-0.1, -0.05) is 58.4 Å². The number of ether oxygens (including phenoxy) is 1. The predicted octanol–water partition coefficient (Wildman–Crippen LogP) is 7.83. The van der Waals surface area contributed by atoms with Crippen molar-refractivity contribution >= 4 is 60.2 Å². The minimum absolute atomic E-state index is 0.0117. The molecule has 0 fully saturated rings. The third-order valence-corrected chi connectivity index (χ3v) is 9.28. The first-order valence-electron chi connectivity index (χ1n) is 13.9. The Bertz CT molecular complexity index is 1610.